The molecule has 2 unspecified atom stereocenters. The Bertz CT molecular complexity index is 1080. The summed E-state index contributed by atoms with van der Waals surface area (Å²) in [5.74, 6) is -0.271. The number of nitrogens with two attached hydrogens (primary N) is 1. The molecule has 1 aromatic carbocycles. The van der Waals surface area contributed by atoms with Crippen LogP contribution in [0.3, 0.4) is 0 Å². The number of carbonyl (C=O) groups excluding carboxylic acids is 3. The van der Waals surface area contributed by atoms with Gasteiger partial charge in [0, 0.05) is 43.0 Å². The third-order valence-electron chi connectivity index (χ3n) is 6.23. The topological polar surface area (TPSA) is 130 Å². The van der Waals surface area contributed by atoms with Gasteiger partial charge in [0.05, 0.1) is 0 Å². The highest BCUT2D eigenvalue weighted by atomic mass is 16.2. The Kier molecular flexibility index (Phi) is 4.90. The predicted octanol–water partition coefficient (Wildman–Crippen LogP) is 0.666. The number of rotatable bonds is 4. The average molecular weight is 420 g/mol. The first-order valence-corrected chi connectivity index (χ1v) is 10.6. The minimum atomic E-state index is -0.601. The number of aromatic nitrogens is 2. The predicted molar refractivity (Wildman–Crippen MR) is 112 cm³/mol. The Hall–Kier alpha value is -3.33. The van der Waals surface area contributed by atoms with E-state index in [1.165, 1.54) is 0 Å². The van der Waals surface area contributed by atoms with E-state index < -0.39 is 11.9 Å². The van der Waals surface area contributed by atoms with E-state index in [4.69, 9.17) is 5.73 Å². The average Bonchev–Trinajstić information content (AvgIpc) is 3.08. The molecule has 2 atom stereocenters. The number of imide groups is 1. The van der Waals surface area contributed by atoms with E-state index in [2.05, 4.69) is 20.6 Å². The molecule has 3 aliphatic rings. The molecule has 9 nitrogen and oxygen atoms in total. The SMILES string of the molecule is NC1CCc2nc(NCc3ccc4c(c3)CN(C3CCC(=O)NC3=O)C4=O)ncc2C1. The maximum Gasteiger partial charge on any atom is 0.255 e. The molecule has 9 heteroatoms. The molecule has 2 aromatic rings. The summed E-state index contributed by atoms with van der Waals surface area (Å²) in [6, 6.07) is 5.26. The van der Waals surface area contributed by atoms with Crippen molar-refractivity contribution >= 4 is 23.7 Å². The molecule has 0 spiro atoms. The lowest BCUT2D eigenvalue weighted by Gasteiger charge is -2.29. The number of nitrogens with one attached hydrogen (secondary N) is 2. The van der Waals surface area contributed by atoms with Crippen LogP contribution in [-0.2, 0) is 35.5 Å². The van der Waals surface area contributed by atoms with Crippen LogP contribution in [-0.4, -0.2) is 44.7 Å². The van der Waals surface area contributed by atoms with Crippen molar-refractivity contribution in [3.05, 3.63) is 52.3 Å². The van der Waals surface area contributed by atoms with Gasteiger partial charge in [0.2, 0.25) is 17.8 Å². The fraction of sp³-hybridized carbons (Fsp3) is 0.409. The number of nitrogens with zero attached hydrogens (tertiary/aromatic N) is 3. The summed E-state index contributed by atoms with van der Waals surface area (Å²) in [6.45, 7) is 0.891. The lowest BCUT2D eigenvalue weighted by atomic mass is 9.94. The van der Waals surface area contributed by atoms with Gasteiger partial charge in [-0.2, -0.15) is 0 Å². The Labute approximate surface area is 179 Å². The van der Waals surface area contributed by atoms with Gasteiger partial charge in [-0.15, -0.1) is 0 Å². The summed E-state index contributed by atoms with van der Waals surface area (Å²) in [4.78, 5) is 47.0. The van der Waals surface area contributed by atoms with Gasteiger partial charge in [-0.25, -0.2) is 9.97 Å². The van der Waals surface area contributed by atoms with Crippen LogP contribution in [0.1, 0.15) is 52.0 Å². The first kappa shape index (κ1) is 19.6. The number of fused-ring (bicyclic) bond motifs is 2. The maximum absolute atomic E-state index is 12.8. The fourth-order valence-corrected chi connectivity index (χ4v) is 4.54. The largest absolute Gasteiger partial charge is 0.350 e. The highest BCUT2D eigenvalue weighted by Crippen LogP contribution is 2.28. The molecule has 5 rings (SSSR count). The highest BCUT2D eigenvalue weighted by molar-refractivity contribution is 6.05. The van der Waals surface area contributed by atoms with Crippen molar-refractivity contribution in [2.45, 2.75) is 57.3 Å². The Balaban J connectivity index is 1.26. The summed E-state index contributed by atoms with van der Waals surface area (Å²) < 4.78 is 0. The molecule has 4 N–H and O–H groups in total. The molecule has 1 aliphatic carbocycles. The first-order valence-electron chi connectivity index (χ1n) is 10.6. The molecule has 160 valence electrons. The van der Waals surface area contributed by atoms with Crippen LogP contribution >= 0.6 is 0 Å². The smallest absolute Gasteiger partial charge is 0.255 e. The minimum absolute atomic E-state index is 0.166. The summed E-state index contributed by atoms with van der Waals surface area (Å²) >= 11 is 0. The Morgan fingerprint density at radius 2 is 2.03 bits per heavy atom. The number of hydrogen-bond donors (Lipinski definition) is 3. The van der Waals surface area contributed by atoms with Crippen molar-refractivity contribution in [3.63, 3.8) is 0 Å². The lowest BCUT2D eigenvalue weighted by Crippen LogP contribution is -2.52. The molecule has 2 aliphatic heterocycles. The van der Waals surface area contributed by atoms with Crippen molar-refractivity contribution in [1.29, 1.82) is 0 Å². The van der Waals surface area contributed by atoms with Crippen LogP contribution in [0.15, 0.2) is 24.4 Å². The van der Waals surface area contributed by atoms with Crippen LogP contribution in [0.5, 0.6) is 0 Å². The van der Waals surface area contributed by atoms with Gasteiger partial charge in [-0.05, 0) is 48.4 Å². The van der Waals surface area contributed by atoms with Gasteiger partial charge in [0.15, 0.2) is 0 Å². The Morgan fingerprint density at radius 1 is 1.16 bits per heavy atom. The molecule has 1 saturated heterocycles. The zero-order chi connectivity index (χ0) is 21.5. The van der Waals surface area contributed by atoms with Crippen molar-refractivity contribution in [1.82, 2.24) is 20.2 Å². The second-order valence-electron chi connectivity index (χ2n) is 8.41. The number of anilines is 1. The summed E-state index contributed by atoms with van der Waals surface area (Å²) in [5, 5.41) is 5.58. The molecule has 3 amide bonds. The number of carbonyl (C=O) groups is 3. The summed E-state index contributed by atoms with van der Waals surface area (Å²) in [5.41, 5.74) is 10.7. The van der Waals surface area contributed by atoms with E-state index in [0.29, 0.717) is 31.0 Å². The van der Waals surface area contributed by atoms with Crippen molar-refractivity contribution in [2.75, 3.05) is 5.32 Å². The molecule has 31 heavy (non-hydrogen) atoms. The number of hydrogen-bond acceptors (Lipinski definition) is 7. The molecule has 0 bridgehead atoms. The number of piperidine rings is 1. The van der Waals surface area contributed by atoms with Gasteiger partial charge in [-0.1, -0.05) is 12.1 Å². The van der Waals surface area contributed by atoms with Gasteiger partial charge in [-0.3, -0.25) is 19.7 Å². The number of benzene rings is 1. The van der Waals surface area contributed by atoms with Crippen LogP contribution in [0, 0.1) is 0 Å². The van der Waals surface area contributed by atoms with E-state index in [0.717, 1.165) is 41.6 Å². The zero-order valence-corrected chi connectivity index (χ0v) is 17.1. The van der Waals surface area contributed by atoms with E-state index in [-0.39, 0.29) is 24.3 Å². The second-order valence-corrected chi connectivity index (χ2v) is 8.41. The molecule has 1 fully saturated rings. The zero-order valence-electron chi connectivity index (χ0n) is 17.1. The summed E-state index contributed by atoms with van der Waals surface area (Å²) in [6.07, 6.45) is 5.08. The quantitative estimate of drug-likeness (QED) is 0.620. The van der Waals surface area contributed by atoms with Gasteiger partial charge in [0.1, 0.15) is 6.04 Å². The maximum atomic E-state index is 12.8. The summed E-state index contributed by atoms with van der Waals surface area (Å²) in [7, 11) is 0. The van der Waals surface area contributed by atoms with E-state index in [9.17, 15) is 14.4 Å². The molecule has 0 radical (unpaired) electrons. The van der Waals surface area contributed by atoms with E-state index in [1.54, 1.807) is 11.0 Å². The van der Waals surface area contributed by atoms with Crippen LogP contribution < -0.4 is 16.4 Å². The van der Waals surface area contributed by atoms with Crippen molar-refractivity contribution in [2.24, 2.45) is 5.73 Å². The Morgan fingerprint density at radius 3 is 2.87 bits per heavy atom. The van der Waals surface area contributed by atoms with Crippen molar-refractivity contribution in [3.8, 4) is 0 Å². The van der Waals surface area contributed by atoms with Gasteiger partial charge < -0.3 is 16.0 Å². The number of aryl methyl sites for hydroxylation is 1. The second kappa shape index (κ2) is 7.73. The van der Waals surface area contributed by atoms with Crippen LogP contribution in [0.25, 0.3) is 0 Å². The van der Waals surface area contributed by atoms with Crippen LogP contribution in [0.4, 0.5) is 5.95 Å². The molecule has 0 saturated carbocycles. The molecular formula is C22H24N6O3. The van der Waals surface area contributed by atoms with E-state index in [1.807, 2.05) is 18.3 Å². The molecular weight excluding hydrogens is 396 g/mol. The fourth-order valence-electron chi connectivity index (χ4n) is 4.54. The first-order chi connectivity index (χ1) is 15.0. The van der Waals surface area contributed by atoms with Crippen LogP contribution in [0.2, 0.25) is 0 Å². The number of amides is 3. The standard InChI is InChI=1S/C22H24N6O3/c23-15-2-4-17-13(8-15)10-25-22(26-17)24-9-12-1-3-16-14(7-12)11-28(21(16)31)18-5-6-19(29)27-20(18)30/h1,3,7,10,15,18H,2,4-6,8-9,11,23H2,(H,24,25,26)(H,27,29,30). The normalized spacial score (nSPS) is 22.7. The van der Waals surface area contributed by atoms with Gasteiger partial charge >= 0.3 is 0 Å². The highest BCUT2D eigenvalue weighted by Gasteiger charge is 2.39. The van der Waals surface area contributed by atoms with E-state index >= 15 is 0 Å². The monoisotopic (exact) mass is 420 g/mol. The third kappa shape index (κ3) is 3.76. The minimum Gasteiger partial charge on any atom is -0.350 e. The van der Waals surface area contributed by atoms with Gasteiger partial charge in [0.25, 0.3) is 5.91 Å². The molecule has 1 aromatic heterocycles. The molecule has 3 heterocycles. The van der Waals surface area contributed by atoms with Crippen molar-refractivity contribution < 1.29 is 14.4 Å². The lowest BCUT2D eigenvalue weighted by molar-refractivity contribution is -0.136. The third-order valence-corrected chi connectivity index (χ3v) is 6.23.